The van der Waals surface area contributed by atoms with E-state index in [9.17, 15) is 0 Å². The molecule has 0 amide bonds. The molecule has 0 unspecified atom stereocenters. The van der Waals surface area contributed by atoms with Gasteiger partial charge in [0.2, 0.25) is 0 Å². The van der Waals surface area contributed by atoms with Crippen LogP contribution in [0.25, 0.3) is 0 Å². The first-order valence-corrected chi connectivity index (χ1v) is 14.6. The number of benzene rings is 4. The Morgan fingerprint density at radius 2 is 0.897 bits per heavy atom. The van der Waals surface area contributed by atoms with Crippen molar-refractivity contribution >= 4 is 41.9 Å². The fourth-order valence-electron chi connectivity index (χ4n) is 3.76. The van der Waals surface area contributed by atoms with E-state index in [1.54, 1.807) is 8.70 Å². The molecule has 4 aromatic carbocycles. The van der Waals surface area contributed by atoms with Gasteiger partial charge in [0, 0.05) is 0 Å². The van der Waals surface area contributed by atoms with Crippen molar-refractivity contribution in [2.24, 2.45) is 0 Å². The standard InChI is InChI=1S/C27H26AsP/c1-23(28(24-14-6-2-7-15-24)25-16-8-3-9-17-25)22-29(26-18-10-4-11-19-26)27-20-12-5-13-21-27/h2-21,23H,22H2,1H3/t23-/m1/s1. The molecule has 2 heteroatoms. The second kappa shape index (κ2) is 10.1. The molecule has 0 aromatic heterocycles. The fourth-order valence-corrected chi connectivity index (χ4v) is 13.1. The van der Waals surface area contributed by atoms with Crippen LogP contribution in [0.3, 0.4) is 0 Å². The van der Waals surface area contributed by atoms with Crippen LogP contribution in [0.1, 0.15) is 6.92 Å². The normalized spacial score (nSPS) is 12.2. The van der Waals surface area contributed by atoms with Gasteiger partial charge < -0.3 is 0 Å². The van der Waals surface area contributed by atoms with E-state index in [0.717, 1.165) is 0 Å². The third kappa shape index (κ3) is 5.08. The summed E-state index contributed by atoms with van der Waals surface area (Å²) in [5, 5.41) is 2.96. The first kappa shape index (κ1) is 20.2. The Hall–Kier alpha value is -2.13. The van der Waals surface area contributed by atoms with Gasteiger partial charge in [0.15, 0.2) is 0 Å². The number of hydrogen-bond acceptors (Lipinski definition) is 0. The third-order valence-corrected chi connectivity index (χ3v) is 14.3. The Kier molecular flexibility index (Phi) is 6.99. The predicted octanol–water partition coefficient (Wildman–Crippen LogP) is 4.82. The Balaban J connectivity index is 1.70. The number of rotatable bonds is 7. The molecule has 0 spiro atoms. The molecule has 144 valence electrons. The van der Waals surface area contributed by atoms with E-state index in [2.05, 4.69) is 128 Å². The molecule has 0 saturated heterocycles. The molecule has 0 heterocycles. The molecule has 0 aliphatic carbocycles. The molecular formula is C27H26AsP. The van der Waals surface area contributed by atoms with Crippen molar-refractivity contribution < 1.29 is 0 Å². The van der Waals surface area contributed by atoms with Gasteiger partial charge >= 0.3 is 181 Å². The van der Waals surface area contributed by atoms with Gasteiger partial charge in [-0.3, -0.25) is 0 Å². The van der Waals surface area contributed by atoms with Crippen molar-refractivity contribution in [3.63, 3.8) is 0 Å². The molecule has 0 fully saturated rings. The molecule has 0 saturated carbocycles. The van der Waals surface area contributed by atoms with Crippen molar-refractivity contribution in [3.05, 3.63) is 121 Å². The van der Waals surface area contributed by atoms with E-state index >= 15 is 0 Å². The summed E-state index contributed by atoms with van der Waals surface area (Å²) in [6, 6.07) is 44.7. The van der Waals surface area contributed by atoms with Crippen LogP contribution < -0.4 is 19.3 Å². The first-order valence-electron chi connectivity index (χ1n) is 10.1. The predicted molar refractivity (Wildman–Crippen MR) is 131 cm³/mol. The van der Waals surface area contributed by atoms with Gasteiger partial charge in [-0.2, -0.15) is 0 Å². The third-order valence-electron chi connectivity index (χ3n) is 5.09. The summed E-state index contributed by atoms with van der Waals surface area (Å²) < 4.78 is 3.77. The van der Waals surface area contributed by atoms with E-state index in [1.165, 1.54) is 16.8 Å². The van der Waals surface area contributed by atoms with Gasteiger partial charge in [-0.05, 0) is 0 Å². The first-order chi connectivity index (χ1) is 14.3. The van der Waals surface area contributed by atoms with Gasteiger partial charge in [-0.1, -0.05) is 0 Å². The molecule has 0 nitrogen and oxygen atoms in total. The molecule has 4 aromatic rings. The molecule has 0 radical (unpaired) electrons. The SMILES string of the molecule is C[C@H](CP(c1ccccc1)c1ccccc1)[As](c1ccccc1)c1ccccc1. The van der Waals surface area contributed by atoms with Gasteiger partial charge in [0.1, 0.15) is 0 Å². The van der Waals surface area contributed by atoms with Crippen molar-refractivity contribution in [2.75, 3.05) is 6.16 Å². The monoisotopic (exact) mass is 456 g/mol. The van der Waals surface area contributed by atoms with Crippen molar-refractivity contribution in [3.8, 4) is 0 Å². The van der Waals surface area contributed by atoms with E-state index in [-0.39, 0.29) is 7.92 Å². The van der Waals surface area contributed by atoms with Crippen molar-refractivity contribution in [1.82, 2.24) is 0 Å². The van der Waals surface area contributed by atoms with Crippen LogP contribution in [0.15, 0.2) is 121 Å². The van der Waals surface area contributed by atoms with Crippen LogP contribution in [-0.4, -0.2) is 20.8 Å². The van der Waals surface area contributed by atoms with Crippen LogP contribution in [0.5, 0.6) is 0 Å². The van der Waals surface area contributed by atoms with Crippen LogP contribution in [0.4, 0.5) is 0 Å². The summed E-state index contributed by atoms with van der Waals surface area (Å²) in [6.07, 6.45) is 1.23. The molecule has 0 bridgehead atoms. The van der Waals surface area contributed by atoms with E-state index in [1.807, 2.05) is 0 Å². The summed E-state index contributed by atoms with van der Waals surface area (Å²) in [5.74, 6) is 0. The van der Waals surface area contributed by atoms with Crippen LogP contribution in [0.2, 0.25) is 4.71 Å². The number of hydrogen-bond donors (Lipinski definition) is 0. The van der Waals surface area contributed by atoms with Crippen LogP contribution in [0, 0.1) is 0 Å². The Bertz CT molecular complexity index is 909. The maximum absolute atomic E-state index is 2.49. The Morgan fingerprint density at radius 1 is 0.552 bits per heavy atom. The Labute approximate surface area is 180 Å². The molecule has 29 heavy (non-hydrogen) atoms. The molecule has 0 aliphatic rings. The zero-order chi connectivity index (χ0) is 19.9. The minimum atomic E-state index is -1.42. The zero-order valence-electron chi connectivity index (χ0n) is 16.7. The fraction of sp³-hybridized carbons (Fsp3) is 0.111. The quantitative estimate of drug-likeness (QED) is 0.276. The molecular weight excluding hydrogens is 430 g/mol. The molecule has 0 N–H and O–H groups in total. The van der Waals surface area contributed by atoms with E-state index < -0.39 is 14.7 Å². The van der Waals surface area contributed by atoms with E-state index in [4.69, 9.17) is 0 Å². The maximum atomic E-state index is 2.49. The molecule has 0 aliphatic heterocycles. The van der Waals surface area contributed by atoms with Gasteiger partial charge in [0.05, 0.1) is 0 Å². The average Bonchev–Trinajstić information content (AvgIpc) is 2.80. The second-order valence-corrected chi connectivity index (χ2v) is 15.0. The molecule has 4 rings (SSSR count). The summed E-state index contributed by atoms with van der Waals surface area (Å²) in [5.41, 5.74) is 0. The summed E-state index contributed by atoms with van der Waals surface area (Å²) in [6.45, 7) is 2.49. The second-order valence-electron chi connectivity index (χ2n) is 7.17. The summed E-state index contributed by atoms with van der Waals surface area (Å²) in [4.78, 5) is 0. The topological polar surface area (TPSA) is 0 Å². The summed E-state index contributed by atoms with van der Waals surface area (Å²) >= 11 is -1.42. The minimum absolute atomic E-state index is 0.367. The average molecular weight is 456 g/mol. The van der Waals surface area contributed by atoms with Crippen molar-refractivity contribution in [1.29, 1.82) is 0 Å². The van der Waals surface area contributed by atoms with Crippen LogP contribution in [-0.2, 0) is 0 Å². The Morgan fingerprint density at radius 3 is 1.28 bits per heavy atom. The zero-order valence-corrected chi connectivity index (χ0v) is 19.5. The van der Waals surface area contributed by atoms with Crippen LogP contribution >= 0.6 is 7.92 Å². The van der Waals surface area contributed by atoms with Gasteiger partial charge in [-0.25, -0.2) is 0 Å². The van der Waals surface area contributed by atoms with E-state index in [0.29, 0.717) is 4.71 Å². The van der Waals surface area contributed by atoms with Gasteiger partial charge in [-0.15, -0.1) is 0 Å². The summed E-state index contributed by atoms with van der Waals surface area (Å²) in [7, 11) is -0.367. The van der Waals surface area contributed by atoms with Crippen molar-refractivity contribution in [2.45, 2.75) is 11.6 Å². The van der Waals surface area contributed by atoms with Gasteiger partial charge in [0.25, 0.3) is 0 Å². The molecule has 1 atom stereocenters.